The zero-order valence-corrected chi connectivity index (χ0v) is 19.8. The highest BCUT2D eigenvalue weighted by atomic mass is 16.5. The van der Waals surface area contributed by atoms with E-state index in [1.807, 2.05) is 69.3 Å². The van der Waals surface area contributed by atoms with Gasteiger partial charge >= 0.3 is 5.97 Å². The molecule has 2 heterocycles. The van der Waals surface area contributed by atoms with Crippen LogP contribution in [0.4, 0.5) is 5.69 Å². The molecule has 6 nitrogen and oxygen atoms in total. The number of methoxy groups -OCH3 is 1. The van der Waals surface area contributed by atoms with E-state index in [1.54, 1.807) is 6.20 Å². The van der Waals surface area contributed by atoms with Gasteiger partial charge < -0.3 is 14.8 Å². The molecule has 34 heavy (non-hydrogen) atoms. The molecule has 1 N–H and O–H groups in total. The summed E-state index contributed by atoms with van der Waals surface area (Å²) in [6, 6.07) is 15.8. The van der Waals surface area contributed by atoms with Gasteiger partial charge in [-0.15, -0.1) is 0 Å². The predicted molar refractivity (Wildman–Crippen MR) is 131 cm³/mol. The summed E-state index contributed by atoms with van der Waals surface area (Å²) in [5.74, 6) is -0.441. The fourth-order valence-corrected chi connectivity index (χ4v) is 5.46. The number of carbonyl (C=O) groups excluding carboxylic acids is 2. The minimum Gasteiger partial charge on any atom is -0.494 e. The quantitative estimate of drug-likeness (QED) is 0.542. The third-order valence-electron chi connectivity index (χ3n) is 6.91. The molecule has 0 fully saturated rings. The number of allylic oxidation sites excluding steroid dienone is 1. The van der Waals surface area contributed by atoms with Crippen LogP contribution in [0.3, 0.4) is 0 Å². The molecule has 2 aromatic carbocycles. The van der Waals surface area contributed by atoms with Crippen molar-refractivity contribution < 1.29 is 19.1 Å². The number of hydrogen-bond donors (Lipinski definition) is 1. The van der Waals surface area contributed by atoms with Crippen LogP contribution in [0, 0.1) is 11.3 Å². The first kappa shape index (κ1) is 22.1. The molecule has 1 aromatic heterocycles. The number of fused-ring (bicyclic) bond motifs is 3. The molecule has 1 aliphatic carbocycles. The van der Waals surface area contributed by atoms with Gasteiger partial charge in [0.1, 0.15) is 11.7 Å². The number of Topliss-reactive ketones (excluding diaryl/α,β-unsaturated/α-hetero) is 1. The molecule has 0 saturated carbocycles. The van der Waals surface area contributed by atoms with Crippen molar-refractivity contribution in [3.8, 4) is 5.75 Å². The summed E-state index contributed by atoms with van der Waals surface area (Å²) in [5, 5.41) is 4.46. The van der Waals surface area contributed by atoms with Crippen molar-refractivity contribution in [1.29, 1.82) is 0 Å². The highest BCUT2D eigenvalue weighted by Crippen LogP contribution is 2.53. The standard InChI is InChI=1S/C28H28N2O4/c1-5-34-17-10-8-16(9-11-17)22-23-18-7-6-14-29-19(18)12-13-20(23)30-26-24(22)21(31)15-28(2,3)25(26)27(32)33-4/h6-14,22,25,30H,5,15H2,1-4H3. The van der Waals surface area contributed by atoms with E-state index in [2.05, 4.69) is 10.3 Å². The van der Waals surface area contributed by atoms with E-state index in [0.717, 1.165) is 33.5 Å². The number of ketones is 1. The number of carbonyl (C=O) groups is 2. The number of nitrogens with zero attached hydrogens (tertiary/aromatic N) is 1. The number of esters is 1. The summed E-state index contributed by atoms with van der Waals surface area (Å²) in [6.45, 7) is 6.42. The summed E-state index contributed by atoms with van der Waals surface area (Å²) in [4.78, 5) is 31.2. The fraction of sp³-hybridized carbons (Fsp3) is 0.321. The topological polar surface area (TPSA) is 77.5 Å². The van der Waals surface area contributed by atoms with Gasteiger partial charge in [0.05, 0.1) is 19.2 Å². The maximum Gasteiger partial charge on any atom is 0.315 e. The van der Waals surface area contributed by atoms with Crippen LogP contribution in [0.15, 0.2) is 66.0 Å². The van der Waals surface area contributed by atoms with Gasteiger partial charge in [-0.1, -0.05) is 32.0 Å². The number of ether oxygens (including phenoxy) is 2. The number of pyridine rings is 1. The van der Waals surface area contributed by atoms with Crippen LogP contribution >= 0.6 is 0 Å². The third-order valence-corrected chi connectivity index (χ3v) is 6.91. The van der Waals surface area contributed by atoms with E-state index >= 15 is 0 Å². The Morgan fingerprint density at radius 1 is 1.15 bits per heavy atom. The Hall–Kier alpha value is -3.67. The number of hydrogen-bond acceptors (Lipinski definition) is 6. The van der Waals surface area contributed by atoms with Crippen molar-refractivity contribution in [2.45, 2.75) is 33.1 Å². The molecule has 0 amide bonds. The minimum atomic E-state index is -0.576. The second-order valence-corrected chi connectivity index (χ2v) is 9.53. The van der Waals surface area contributed by atoms with E-state index < -0.39 is 11.3 Å². The Morgan fingerprint density at radius 3 is 2.62 bits per heavy atom. The van der Waals surface area contributed by atoms with Crippen molar-refractivity contribution in [2.24, 2.45) is 11.3 Å². The minimum absolute atomic E-state index is 0.0399. The first-order chi connectivity index (χ1) is 16.4. The van der Waals surface area contributed by atoms with Crippen molar-refractivity contribution in [3.05, 3.63) is 77.1 Å². The molecule has 0 spiro atoms. The Balaban J connectivity index is 1.79. The highest BCUT2D eigenvalue weighted by Gasteiger charge is 2.50. The lowest BCUT2D eigenvalue weighted by molar-refractivity contribution is -0.148. The monoisotopic (exact) mass is 456 g/mol. The molecule has 174 valence electrons. The summed E-state index contributed by atoms with van der Waals surface area (Å²) in [7, 11) is 1.40. The summed E-state index contributed by atoms with van der Waals surface area (Å²) >= 11 is 0. The molecule has 0 saturated heterocycles. The maximum absolute atomic E-state index is 13.7. The van der Waals surface area contributed by atoms with Gasteiger partial charge in [-0.2, -0.15) is 0 Å². The maximum atomic E-state index is 13.7. The fourth-order valence-electron chi connectivity index (χ4n) is 5.46. The van der Waals surface area contributed by atoms with E-state index in [1.165, 1.54) is 7.11 Å². The zero-order chi connectivity index (χ0) is 24.0. The number of benzene rings is 2. The van der Waals surface area contributed by atoms with Crippen molar-refractivity contribution in [1.82, 2.24) is 4.98 Å². The second-order valence-electron chi connectivity index (χ2n) is 9.53. The van der Waals surface area contributed by atoms with Crippen LogP contribution in [0.25, 0.3) is 10.9 Å². The van der Waals surface area contributed by atoms with Crippen molar-refractivity contribution >= 4 is 28.3 Å². The average Bonchev–Trinajstić information content (AvgIpc) is 2.82. The van der Waals surface area contributed by atoms with Crippen LogP contribution in [0.1, 0.15) is 44.2 Å². The lowest BCUT2D eigenvalue weighted by atomic mass is 9.63. The van der Waals surface area contributed by atoms with Gasteiger partial charge in [-0.25, -0.2) is 0 Å². The molecule has 2 atom stereocenters. The summed E-state index contributed by atoms with van der Waals surface area (Å²) < 4.78 is 10.8. The highest BCUT2D eigenvalue weighted by molar-refractivity contribution is 6.06. The third kappa shape index (κ3) is 3.45. The van der Waals surface area contributed by atoms with E-state index in [9.17, 15) is 9.59 Å². The van der Waals surface area contributed by atoms with Gasteiger partial charge in [-0.05, 0) is 53.8 Å². The Labute approximate surface area is 199 Å². The first-order valence-electron chi connectivity index (χ1n) is 11.6. The van der Waals surface area contributed by atoms with Gasteiger partial charge in [-0.3, -0.25) is 14.6 Å². The molecule has 2 aliphatic rings. The Morgan fingerprint density at radius 2 is 1.91 bits per heavy atom. The molecule has 3 aromatic rings. The Kier molecular flexibility index (Phi) is 5.39. The van der Waals surface area contributed by atoms with Crippen LogP contribution in [0.2, 0.25) is 0 Å². The van der Waals surface area contributed by atoms with Gasteiger partial charge in [0, 0.05) is 40.9 Å². The molecule has 0 radical (unpaired) electrons. The number of rotatable bonds is 4. The molecule has 0 bridgehead atoms. The van der Waals surface area contributed by atoms with Gasteiger partial charge in [0.25, 0.3) is 0 Å². The first-order valence-corrected chi connectivity index (χ1v) is 11.6. The summed E-state index contributed by atoms with van der Waals surface area (Å²) in [6.07, 6.45) is 2.03. The number of aromatic nitrogens is 1. The van der Waals surface area contributed by atoms with Crippen LogP contribution < -0.4 is 10.1 Å². The molecular formula is C28H28N2O4. The number of anilines is 1. The second kappa shape index (κ2) is 8.28. The molecule has 6 heteroatoms. The van der Waals surface area contributed by atoms with E-state index in [4.69, 9.17) is 9.47 Å². The van der Waals surface area contributed by atoms with Gasteiger partial charge in [0.15, 0.2) is 5.78 Å². The zero-order valence-electron chi connectivity index (χ0n) is 19.8. The van der Waals surface area contributed by atoms with Crippen LogP contribution in [0.5, 0.6) is 5.75 Å². The SMILES string of the molecule is CCOc1ccc(C2C3=C(Nc4ccc5ncccc5c42)C(C(=O)OC)C(C)(C)CC3=O)cc1. The average molecular weight is 457 g/mol. The summed E-state index contributed by atoms with van der Waals surface area (Å²) in [5.41, 5.74) is 4.38. The normalized spacial score (nSPS) is 20.9. The van der Waals surface area contributed by atoms with Crippen LogP contribution in [-0.4, -0.2) is 30.5 Å². The lowest BCUT2D eigenvalue weighted by Gasteiger charge is -2.44. The molecule has 1 aliphatic heterocycles. The molecule has 5 rings (SSSR count). The van der Waals surface area contributed by atoms with Crippen LogP contribution in [-0.2, 0) is 14.3 Å². The van der Waals surface area contributed by atoms with E-state index in [0.29, 0.717) is 17.9 Å². The largest absolute Gasteiger partial charge is 0.494 e. The molecular weight excluding hydrogens is 428 g/mol. The Bertz CT molecular complexity index is 1320. The van der Waals surface area contributed by atoms with Gasteiger partial charge in [0.2, 0.25) is 0 Å². The van der Waals surface area contributed by atoms with Crippen molar-refractivity contribution in [2.75, 3.05) is 19.0 Å². The van der Waals surface area contributed by atoms with Crippen molar-refractivity contribution in [3.63, 3.8) is 0 Å². The number of nitrogens with one attached hydrogen (secondary N) is 1. The molecule has 2 unspecified atom stereocenters. The lowest BCUT2D eigenvalue weighted by Crippen LogP contribution is -2.44. The predicted octanol–water partition coefficient (Wildman–Crippen LogP) is 5.23. The van der Waals surface area contributed by atoms with E-state index in [-0.39, 0.29) is 24.1 Å². The smallest absolute Gasteiger partial charge is 0.315 e.